The van der Waals surface area contributed by atoms with Crippen molar-refractivity contribution in [2.75, 3.05) is 0 Å². The molecule has 2 aliphatic heterocycles. The number of aliphatic hydroxyl groups is 1. The van der Waals surface area contributed by atoms with Crippen molar-refractivity contribution in [1.82, 2.24) is 14.5 Å². The van der Waals surface area contributed by atoms with Gasteiger partial charge in [-0.15, -0.1) is 0 Å². The molecule has 2 aliphatic rings. The molecule has 2 saturated heterocycles. The molecule has 0 aliphatic carbocycles. The van der Waals surface area contributed by atoms with Crippen molar-refractivity contribution in [2.45, 2.75) is 63.6 Å². The highest BCUT2D eigenvalue weighted by molar-refractivity contribution is 6.30. The van der Waals surface area contributed by atoms with Crippen LogP contribution < -0.4 is 0 Å². The molecule has 5 atom stereocenters. The Bertz CT molecular complexity index is 1100. The maximum Gasteiger partial charge on any atom is 0.164 e. The molecule has 158 valence electrons. The van der Waals surface area contributed by atoms with Crippen LogP contribution in [0, 0.1) is 6.92 Å². The van der Waals surface area contributed by atoms with Gasteiger partial charge in [0, 0.05) is 16.6 Å². The molecule has 0 radical (unpaired) electrons. The highest BCUT2D eigenvalue weighted by atomic mass is 35.5. The van der Waals surface area contributed by atoms with Gasteiger partial charge < -0.3 is 23.9 Å². The highest BCUT2D eigenvalue weighted by Crippen LogP contribution is 2.48. The molecule has 8 heteroatoms. The monoisotopic (exact) mass is 429 g/mol. The van der Waals surface area contributed by atoms with Gasteiger partial charge in [-0.2, -0.15) is 0 Å². The normalized spacial score (nSPS) is 29.8. The van der Waals surface area contributed by atoms with Gasteiger partial charge in [-0.25, -0.2) is 9.97 Å². The number of hydrogen-bond donors (Lipinski definition) is 1. The molecule has 0 amide bonds. The smallest absolute Gasteiger partial charge is 0.164 e. The Hall–Kier alpha value is -2.03. The summed E-state index contributed by atoms with van der Waals surface area (Å²) in [5.74, 6) is -0.792. The van der Waals surface area contributed by atoms with Crippen molar-refractivity contribution < 1.29 is 19.3 Å². The Morgan fingerprint density at radius 2 is 1.80 bits per heavy atom. The van der Waals surface area contributed by atoms with E-state index >= 15 is 0 Å². The molecule has 30 heavy (non-hydrogen) atoms. The standard InChI is InChI=1S/C22H24ClN3O4/c1-12-15-9-10-26(19(15)25-11-24-12)20-17-16(29-21(2,3)30-17)18(28-20)22(4,27)13-5-7-14(23)8-6-13/h5-11,16-18,20,27H,1-4H3/t16-,17+,18-,20+,22+/m0/s1. The van der Waals surface area contributed by atoms with Gasteiger partial charge in [-0.1, -0.05) is 23.7 Å². The second-order valence-electron chi connectivity index (χ2n) is 8.59. The summed E-state index contributed by atoms with van der Waals surface area (Å²) >= 11 is 6.03. The average Bonchev–Trinajstić information content (AvgIpc) is 3.33. The fourth-order valence-corrected chi connectivity index (χ4v) is 4.63. The molecule has 2 aromatic heterocycles. The van der Waals surface area contributed by atoms with Crippen LogP contribution in [-0.4, -0.2) is 43.7 Å². The summed E-state index contributed by atoms with van der Waals surface area (Å²) in [5, 5.41) is 13.1. The summed E-state index contributed by atoms with van der Waals surface area (Å²) in [7, 11) is 0. The molecule has 1 aromatic carbocycles. The number of benzene rings is 1. The van der Waals surface area contributed by atoms with Crippen LogP contribution in [0.25, 0.3) is 11.0 Å². The predicted octanol–water partition coefficient (Wildman–Crippen LogP) is 3.72. The van der Waals surface area contributed by atoms with Crippen molar-refractivity contribution >= 4 is 22.6 Å². The Labute approximate surface area is 179 Å². The predicted molar refractivity (Wildman–Crippen MR) is 111 cm³/mol. The first-order chi connectivity index (χ1) is 14.2. The van der Waals surface area contributed by atoms with Crippen LogP contribution in [0.5, 0.6) is 0 Å². The van der Waals surface area contributed by atoms with Gasteiger partial charge in [0.05, 0.1) is 5.69 Å². The van der Waals surface area contributed by atoms with Gasteiger partial charge in [-0.05, 0) is 51.5 Å². The number of fused-ring (bicyclic) bond motifs is 2. The SMILES string of the molecule is Cc1ncnc2c1ccn2[C@@H]1O[C@H]([C@](C)(O)c2ccc(Cl)cc2)[C@H]2OC(C)(C)O[C@H]21. The molecule has 0 bridgehead atoms. The van der Waals surface area contributed by atoms with Gasteiger partial charge in [0.2, 0.25) is 0 Å². The topological polar surface area (TPSA) is 78.6 Å². The minimum absolute atomic E-state index is 0.408. The molecule has 7 nitrogen and oxygen atoms in total. The molecule has 3 aromatic rings. The Kier molecular flexibility index (Phi) is 4.47. The van der Waals surface area contributed by atoms with Gasteiger partial charge in [0.1, 0.15) is 35.9 Å². The van der Waals surface area contributed by atoms with Crippen molar-refractivity contribution in [3.8, 4) is 0 Å². The minimum atomic E-state index is -1.32. The molecule has 2 fully saturated rings. The van der Waals surface area contributed by atoms with Crippen molar-refractivity contribution in [2.24, 2.45) is 0 Å². The van der Waals surface area contributed by atoms with Crippen LogP contribution >= 0.6 is 11.6 Å². The zero-order valence-electron chi connectivity index (χ0n) is 17.2. The lowest BCUT2D eigenvalue weighted by Gasteiger charge is -2.34. The third-order valence-corrected chi connectivity index (χ3v) is 6.25. The largest absolute Gasteiger partial charge is 0.383 e. The summed E-state index contributed by atoms with van der Waals surface area (Å²) in [6, 6.07) is 9.08. The number of hydrogen-bond acceptors (Lipinski definition) is 6. The molecule has 1 N–H and O–H groups in total. The van der Waals surface area contributed by atoms with E-state index in [1.54, 1.807) is 31.2 Å². The first-order valence-electron chi connectivity index (χ1n) is 9.95. The van der Waals surface area contributed by atoms with Gasteiger partial charge in [0.15, 0.2) is 12.0 Å². The van der Waals surface area contributed by atoms with Crippen LogP contribution in [-0.2, 0) is 19.8 Å². The number of halogens is 1. The van der Waals surface area contributed by atoms with Crippen LogP contribution in [0.15, 0.2) is 42.9 Å². The van der Waals surface area contributed by atoms with Gasteiger partial charge in [-0.3, -0.25) is 0 Å². The quantitative estimate of drug-likeness (QED) is 0.683. The van der Waals surface area contributed by atoms with E-state index in [1.807, 2.05) is 37.6 Å². The fraction of sp³-hybridized carbons (Fsp3) is 0.455. The van der Waals surface area contributed by atoms with Gasteiger partial charge >= 0.3 is 0 Å². The van der Waals surface area contributed by atoms with E-state index in [9.17, 15) is 5.11 Å². The van der Waals surface area contributed by atoms with E-state index in [-0.39, 0.29) is 0 Å². The third kappa shape index (κ3) is 3.04. The van der Waals surface area contributed by atoms with E-state index in [0.29, 0.717) is 10.6 Å². The van der Waals surface area contributed by atoms with Crippen LogP contribution in [0.4, 0.5) is 0 Å². The Morgan fingerprint density at radius 3 is 2.53 bits per heavy atom. The summed E-state index contributed by atoms with van der Waals surface area (Å²) in [4.78, 5) is 8.72. The summed E-state index contributed by atoms with van der Waals surface area (Å²) in [5.41, 5.74) is 1.02. The Balaban J connectivity index is 1.57. The average molecular weight is 430 g/mol. The lowest BCUT2D eigenvalue weighted by molar-refractivity contribution is -0.221. The lowest BCUT2D eigenvalue weighted by atomic mass is 9.87. The maximum absolute atomic E-state index is 11.5. The molecule has 5 rings (SSSR count). The molecule has 0 unspecified atom stereocenters. The van der Waals surface area contributed by atoms with E-state index in [0.717, 1.165) is 16.7 Å². The van der Waals surface area contributed by atoms with E-state index in [4.69, 9.17) is 25.8 Å². The molecule has 0 spiro atoms. The zero-order valence-corrected chi connectivity index (χ0v) is 18.0. The lowest BCUT2D eigenvalue weighted by Crippen LogP contribution is -2.45. The first kappa shape index (κ1) is 19.9. The third-order valence-electron chi connectivity index (χ3n) is 5.99. The molecule has 4 heterocycles. The van der Waals surface area contributed by atoms with Crippen molar-refractivity contribution in [3.63, 3.8) is 0 Å². The van der Waals surface area contributed by atoms with E-state index in [1.165, 1.54) is 6.33 Å². The number of nitrogens with zero attached hydrogens (tertiary/aromatic N) is 3. The number of aromatic nitrogens is 3. The number of rotatable bonds is 3. The first-order valence-corrected chi connectivity index (χ1v) is 10.3. The molecule has 0 saturated carbocycles. The maximum atomic E-state index is 11.5. The van der Waals surface area contributed by atoms with Crippen LogP contribution in [0.2, 0.25) is 5.02 Å². The van der Waals surface area contributed by atoms with E-state index < -0.39 is 35.9 Å². The van der Waals surface area contributed by atoms with E-state index in [2.05, 4.69) is 9.97 Å². The number of ether oxygens (including phenoxy) is 3. The van der Waals surface area contributed by atoms with Gasteiger partial charge in [0.25, 0.3) is 0 Å². The van der Waals surface area contributed by atoms with Crippen LogP contribution in [0.1, 0.15) is 38.3 Å². The summed E-state index contributed by atoms with van der Waals surface area (Å²) < 4.78 is 20.8. The van der Waals surface area contributed by atoms with Crippen molar-refractivity contribution in [3.05, 3.63) is 59.1 Å². The second-order valence-corrected chi connectivity index (χ2v) is 9.02. The molecular weight excluding hydrogens is 406 g/mol. The number of aryl methyl sites for hydroxylation is 1. The molecular formula is C22H24ClN3O4. The van der Waals surface area contributed by atoms with Crippen LogP contribution in [0.3, 0.4) is 0 Å². The van der Waals surface area contributed by atoms with Crippen molar-refractivity contribution in [1.29, 1.82) is 0 Å². The fourth-order valence-electron chi connectivity index (χ4n) is 4.51. The zero-order chi connectivity index (χ0) is 21.3. The Morgan fingerprint density at radius 1 is 1.10 bits per heavy atom. The second kappa shape index (κ2) is 6.73. The minimum Gasteiger partial charge on any atom is -0.383 e. The highest BCUT2D eigenvalue weighted by Gasteiger charge is 2.60. The summed E-state index contributed by atoms with van der Waals surface area (Å²) in [6.07, 6.45) is 1.42. The summed E-state index contributed by atoms with van der Waals surface area (Å²) in [6.45, 7) is 7.42.